The van der Waals surface area contributed by atoms with Crippen LogP contribution in [0.4, 0.5) is 0 Å². The minimum atomic E-state index is 0. The topological polar surface area (TPSA) is 40.5 Å². The number of aryl methyl sites for hydroxylation is 2. The van der Waals surface area contributed by atoms with E-state index in [0.29, 0.717) is 6.54 Å². The van der Waals surface area contributed by atoms with E-state index in [2.05, 4.69) is 60.4 Å². The summed E-state index contributed by atoms with van der Waals surface area (Å²) < 4.78 is 0. The highest BCUT2D eigenvalue weighted by atomic mass is 127. The van der Waals surface area contributed by atoms with Gasteiger partial charge in [-0.15, -0.1) is 35.3 Å². The Balaban J connectivity index is 0.00000264. The van der Waals surface area contributed by atoms with Crippen molar-refractivity contribution in [1.82, 2.24) is 15.2 Å². The zero-order valence-corrected chi connectivity index (χ0v) is 17.3. The Labute approximate surface area is 160 Å². The first-order valence-electron chi connectivity index (χ1n) is 7.54. The van der Waals surface area contributed by atoms with E-state index in [0.717, 1.165) is 24.7 Å². The molecule has 0 saturated heterocycles. The molecule has 0 aliphatic carbocycles. The van der Waals surface area contributed by atoms with Gasteiger partial charge in [0.1, 0.15) is 0 Å². The molecule has 0 aliphatic heterocycles. The highest BCUT2D eigenvalue weighted by molar-refractivity contribution is 14.0. The van der Waals surface area contributed by atoms with E-state index in [1.807, 2.05) is 12.4 Å². The molecule has 6 heteroatoms. The average Bonchev–Trinajstić information content (AvgIpc) is 2.91. The summed E-state index contributed by atoms with van der Waals surface area (Å²) in [6, 6.07) is 8.63. The number of thiazole rings is 1. The van der Waals surface area contributed by atoms with Gasteiger partial charge in [-0.3, -0.25) is 0 Å². The number of hydrogen-bond acceptors (Lipinski definition) is 3. The molecule has 0 fully saturated rings. The summed E-state index contributed by atoms with van der Waals surface area (Å²) in [4.78, 5) is 12.4. The molecule has 2 rings (SSSR count). The van der Waals surface area contributed by atoms with E-state index < -0.39 is 0 Å². The molecule has 0 spiro atoms. The molecule has 0 saturated carbocycles. The third-order valence-electron chi connectivity index (χ3n) is 3.45. The van der Waals surface area contributed by atoms with Gasteiger partial charge in [-0.2, -0.15) is 0 Å². The first kappa shape index (κ1) is 19.9. The van der Waals surface area contributed by atoms with Crippen molar-refractivity contribution in [2.24, 2.45) is 4.99 Å². The van der Waals surface area contributed by atoms with Crippen molar-refractivity contribution < 1.29 is 0 Å². The van der Waals surface area contributed by atoms with E-state index in [1.165, 1.54) is 16.0 Å². The number of nitrogens with one attached hydrogen (secondary N) is 1. The van der Waals surface area contributed by atoms with Crippen molar-refractivity contribution in [3.63, 3.8) is 0 Å². The van der Waals surface area contributed by atoms with E-state index in [1.54, 1.807) is 11.3 Å². The Morgan fingerprint density at radius 3 is 2.52 bits per heavy atom. The maximum absolute atomic E-state index is 4.73. The van der Waals surface area contributed by atoms with Crippen molar-refractivity contribution in [3.8, 4) is 0 Å². The number of aliphatic imine (C=N–C) groups is 1. The van der Waals surface area contributed by atoms with E-state index in [-0.39, 0.29) is 24.0 Å². The lowest BCUT2D eigenvalue weighted by Gasteiger charge is -2.22. The Morgan fingerprint density at radius 1 is 1.26 bits per heavy atom. The molecular weight excluding hydrogens is 419 g/mol. The van der Waals surface area contributed by atoms with Gasteiger partial charge in [-0.05, 0) is 26.3 Å². The molecule has 1 heterocycles. The van der Waals surface area contributed by atoms with Crippen molar-refractivity contribution in [2.75, 3.05) is 13.6 Å². The second-order valence-electron chi connectivity index (χ2n) is 5.37. The summed E-state index contributed by atoms with van der Waals surface area (Å²) in [6.45, 7) is 8.61. The summed E-state index contributed by atoms with van der Waals surface area (Å²) in [5, 5.41) is 3.36. The lowest BCUT2D eigenvalue weighted by molar-refractivity contribution is 0.477. The van der Waals surface area contributed by atoms with Crippen LogP contribution < -0.4 is 5.32 Å². The molecule has 1 aromatic carbocycles. The lowest BCUT2D eigenvalue weighted by Crippen LogP contribution is -2.38. The van der Waals surface area contributed by atoms with Crippen LogP contribution in [-0.2, 0) is 13.1 Å². The summed E-state index contributed by atoms with van der Waals surface area (Å²) in [5.41, 5.74) is 5.52. The number of rotatable bonds is 5. The number of benzene rings is 1. The maximum atomic E-state index is 4.73. The van der Waals surface area contributed by atoms with Crippen LogP contribution in [0.5, 0.6) is 0 Å². The Kier molecular flexibility index (Phi) is 8.54. The molecule has 1 aromatic heterocycles. The third-order valence-corrected chi connectivity index (χ3v) is 4.37. The van der Waals surface area contributed by atoms with Gasteiger partial charge in [-0.25, -0.2) is 9.98 Å². The summed E-state index contributed by atoms with van der Waals surface area (Å²) >= 11 is 1.66. The fraction of sp³-hybridized carbons (Fsp3) is 0.412. The standard InChI is InChI=1S/C17H24N4S.HI/c1-5-18-17(19-10-16-14(3)20-12-22-16)21(4)11-15-8-6-13(2)7-9-15;/h6-9,12H,5,10-11H2,1-4H3,(H,18,19);1H. The molecule has 0 unspecified atom stereocenters. The van der Waals surface area contributed by atoms with Gasteiger partial charge < -0.3 is 10.2 Å². The van der Waals surface area contributed by atoms with Crippen molar-refractivity contribution in [1.29, 1.82) is 0 Å². The zero-order valence-electron chi connectivity index (χ0n) is 14.2. The zero-order chi connectivity index (χ0) is 15.9. The fourth-order valence-electron chi connectivity index (χ4n) is 2.14. The van der Waals surface area contributed by atoms with E-state index in [4.69, 9.17) is 4.99 Å². The quantitative estimate of drug-likeness (QED) is 0.431. The molecule has 126 valence electrons. The summed E-state index contributed by atoms with van der Waals surface area (Å²) in [7, 11) is 2.07. The van der Waals surface area contributed by atoms with Crippen LogP contribution in [0.1, 0.15) is 28.6 Å². The van der Waals surface area contributed by atoms with Crippen LogP contribution in [0.2, 0.25) is 0 Å². The number of aromatic nitrogens is 1. The second-order valence-corrected chi connectivity index (χ2v) is 6.31. The molecule has 0 atom stereocenters. The van der Waals surface area contributed by atoms with Gasteiger partial charge in [0.25, 0.3) is 0 Å². The SMILES string of the molecule is CCNC(=NCc1scnc1C)N(C)Cc1ccc(C)cc1.I. The molecule has 1 N–H and O–H groups in total. The Bertz CT molecular complexity index is 622. The van der Waals surface area contributed by atoms with Gasteiger partial charge in [-0.1, -0.05) is 29.8 Å². The predicted molar refractivity (Wildman–Crippen MR) is 110 cm³/mol. The van der Waals surface area contributed by atoms with Crippen molar-refractivity contribution in [2.45, 2.75) is 33.9 Å². The lowest BCUT2D eigenvalue weighted by atomic mass is 10.1. The predicted octanol–water partition coefficient (Wildman–Crippen LogP) is 3.98. The van der Waals surface area contributed by atoms with Gasteiger partial charge in [0.2, 0.25) is 0 Å². The summed E-state index contributed by atoms with van der Waals surface area (Å²) in [6.07, 6.45) is 0. The molecule has 4 nitrogen and oxygen atoms in total. The Hall–Kier alpha value is -1.15. The highest BCUT2D eigenvalue weighted by Crippen LogP contribution is 2.13. The smallest absolute Gasteiger partial charge is 0.194 e. The molecule has 2 aromatic rings. The normalized spacial score (nSPS) is 11.0. The van der Waals surface area contributed by atoms with Crippen LogP contribution in [0.15, 0.2) is 34.8 Å². The first-order chi connectivity index (χ1) is 10.6. The number of guanidine groups is 1. The largest absolute Gasteiger partial charge is 0.357 e. The maximum Gasteiger partial charge on any atom is 0.194 e. The Morgan fingerprint density at radius 2 is 1.96 bits per heavy atom. The van der Waals surface area contributed by atoms with E-state index in [9.17, 15) is 0 Å². The average molecular weight is 444 g/mol. The van der Waals surface area contributed by atoms with Crippen LogP contribution in [-0.4, -0.2) is 29.4 Å². The first-order valence-corrected chi connectivity index (χ1v) is 8.42. The molecule has 0 amide bonds. The van der Waals surface area contributed by atoms with Gasteiger partial charge in [0.15, 0.2) is 5.96 Å². The van der Waals surface area contributed by atoms with Crippen molar-refractivity contribution in [3.05, 3.63) is 51.5 Å². The van der Waals surface area contributed by atoms with Crippen LogP contribution >= 0.6 is 35.3 Å². The molecule has 0 bridgehead atoms. The van der Waals surface area contributed by atoms with Gasteiger partial charge in [0.05, 0.1) is 17.7 Å². The van der Waals surface area contributed by atoms with Crippen LogP contribution in [0.25, 0.3) is 0 Å². The number of halogens is 1. The third kappa shape index (κ3) is 6.10. The number of nitrogens with zero attached hydrogens (tertiary/aromatic N) is 3. The monoisotopic (exact) mass is 444 g/mol. The van der Waals surface area contributed by atoms with Crippen LogP contribution in [0, 0.1) is 13.8 Å². The van der Waals surface area contributed by atoms with Gasteiger partial charge >= 0.3 is 0 Å². The van der Waals surface area contributed by atoms with Gasteiger partial charge in [0, 0.05) is 25.0 Å². The van der Waals surface area contributed by atoms with Crippen molar-refractivity contribution >= 4 is 41.3 Å². The molecule has 0 aliphatic rings. The number of hydrogen-bond donors (Lipinski definition) is 1. The minimum Gasteiger partial charge on any atom is -0.357 e. The summed E-state index contributed by atoms with van der Waals surface area (Å²) in [5.74, 6) is 0.927. The fourth-order valence-corrected chi connectivity index (χ4v) is 2.84. The molecular formula is C17H25IN4S. The highest BCUT2D eigenvalue weighted by Gasteiger charge is 2.07. The molecule has 0 radical (unpaired) electrons. The molecule has 23 heavy (non-hydrogen) atoms. The second kappa shape index (κ2) is 9.87. The minimum absolute atomic E-state index is 0. The van der Waals surface area contributed by atoms with E-state index >= 15 is 0 Å². The van der Waals surface area contributed by atoms with Crippen LogP contribution in [0.3, 0.4) is 0 Å².